The van der Waals surface area contributed by atoms with Crippen molar-refractivity contribution < 1.29 is 18.4 Å². The summed E-state index contributed by atoms with van der Waals surface area (Å²) in [7, 11) is 0. The molecule has 0 spiro atoms. The lowest BCUT2D eigenvalue weighted by Crippen LogP contribution is -2.16. The van der Waals surface area contributed by atoms with Crippen molar-refractivity contribution in [1.29, 1.82) is 5.26 Å². The summed E-state index contributed by atoms with van der Waals surface area (Å²) < 4.78 is 27.0. The highest BCUT2D eigenvalue weighted by Crippen LogP contribution is 2.24. The molecule has 0 aliphatic heterocycles. The van der Waals surface area contributed by atoms with Crippen molar-refractivity contribution in [3.8, 4) is 6.07 Å². The summed E-state index contributed by atoms with van der Waals surface area (Å²) in [6.45, 7) is 2.99. The zero-order valence-electron chi connectivity index (χ0n) is 13.4. The van der Waals surface area contributed by atoms with Crippen molar-refractivity contribution >= 4 is 29.1 Å². The lowest BCUT2D eigenvalue weighted by atomic mass is 10.1. The smallest absolute Gasteiger partial charge is 0.234 e. The summed E-state index contributed by atoms with van der Waals surface area (Å²) in [6, 6.07) is 6.60. The number of nitriles is 1. The van der Waals surface area contributed by atoms with E-state index >= 15 is 0 Å². The predicted molar refractivity (Wildman–Crippen MR) is 89.4 cm³/mol. The fourth-order valence-corrected chi connectivity index (χ4v) is 2.86. The number of nitrogens with one attached hydrogen (secondary N) is 1. The van der Waals surface area contributed by atoms with Gasteiger partial charge in [-0.25, -0.2) is 13.8 Å². The van der Waals surface area contributed by atoms with E-state index in [1.54, 1.807) is 6.92 Å². The van der Waals surface area contributed by atoms with E-state index < -0.39 is 23.2 Å². The molecular weight excluding hydrogens is 348 g/mol. The number of para-hydroxylation sites is 1. The molecule has 0 aliphatic carbocycles. The van der Waals surface area contributed by atoms with Gasteiger partial charge < -0.3 is 5.32 Å². The monoisotopic (exact) mass is 361 g/mol. The molecule has 25 heavy (non-hydrogen) atoms. The molecule has 1 N–H and O–H groups in total. The van der Waals surface area contributed by atoms with E-state index in [1.807, 2.05) is 6.07 Å². The number of carbonyl (C=O) groups is 2. The third-order valence-corrected chi connectivity index (χ3v) is 4.24. The van der Waals surface area contributed by atoms with Crippen molar-refractivity contribution in [3.63, 3.8) is 0 Å². The second-order valence-electron chi connectivity index (χ2n) is 5.08. The second kappa shape index (κ2) is 7.85. The number of anilines is 1. The first-order valence-electron chi connectivity index (χ1n) is 7.12. The van der Waals surface area contributed by atoms with Crippen molar-refractivity contribution in [2.24, 2.45) is 0 Å². The Morgan fingerprint density at radius 1 is 1.32 bits per heavy atom. The molecule has 0 unspecified atom stereocenters. The first-order valence-corrected chi connectivity index (χ1v) is 8.11. The van der Waals surface area contributed by atoms with Crippen LogP contribution < -0.4 is 5.32 Å². The van der Waals surface area contributed by atoms with Crippen LogP contribution in [0.15, 0.2) is 29.3 Å². The molecule has 1 amide bonds. The van der Waals surface area contributed by atoms with Crippen molar-refractivity contribution in [2.75, 3.05) is 11.1 Å². The Morgan fingerprint density at radius 3 is 2.52 bits per heavy atom. The molecular formula is C17H13F2N3O2S. The van der Waals surface area contributed by atoms with Crippen LogP contribution in [0.4, 0.5) is 14.5 Å². The normalized spacial score (nSPS) is 10.2. The molecule has 1 aromatic carbocycles. The largest absolute Gasteiger partial charge is 0.320 e. The van der Waals surface area contributed by atoms with Crippen LogP contribution in [0.2, 0.25) is 0 Å². The molecule has 0 aliphatic rings. The number of aryl methyl sites for hydroxylation is 1. The van der Waals surface area contributed by atoms with Crippen LogP contribution in [0.25, 0.3) is 0 Å². The topological polar surface area (TPSA) is 82.8 Å². The number of aromatic nitrogens is 1. The Hall–Kier alpha value is -2.79. The fourth-order valence-electron chi connectivity index (χ4n) is 2.06. The summed E-state index contributed by atoms with van der Waals surface area (Å²) in [4.78, 5) is 27.6. The minimum atomic E-state index is -0.879. The molecule has 0 fully saturated rings. The van der Waals surface area contributed by atoms with Crippen LogP contribution in [0.1, 0.15) is 28.5 Å². The summed E-state index contributed by atoms with van der Waals surface area (Å²) in [6.07, 6.45) is 0. The maximum absolute atomic E-state index is 13.5. The number of amides is 1. The van der Waals surface area contributed by atoms with Gasteiger partial charge in [0.05, 0.1) is 11.3 Å². The summed E-state index contributed by atoms with van der Waals surface area (Å²) in [5, 5.41) is 11.6. The quantitative estimate of drug-likeness (QED) is 0.651. The number of carbonyl (C=O) groups excluding carboxylic acids is 2. The van der Waals surface area contributed by atoms with Gasteiger partial charge in [0.15, 0.2) is 5.78 Å². The van der Waals surface area contributed by atoms with E-state index in [1.165, 1.54) is 19.1 Å². The van der Waals surface area contributed by atoms with Crippen LogP contribution in [0.3, 0.4) is 0 Å². The molecule has 2 aromatic rings. The zero-order chi connectivity index (χ0) is 18.6. The van der Waals surface area contributed by atoms with Crippen LogP contribution >= 0.6 is 11.8 Å². The van der Waals surface area contributed by atoms with Gasteiger partial charge in [0, 0.05) is 11.3 Å². The summed E-state index contributed by atoms with van der Waals surface area (Å²) in [5.74, 6) is -2.82. The van der Waals surface area contributed by atoms with Crippen molar-refractivity contribution in [2.45, 2.75) is 18.9 Å². The number of pyridine rings is 1. The first kappa shape index (κ1) is 18.5. The Kier molecular flexibility index (Phi) is 5.83. The molecule has 0 saturated carbocycles. The van der Waals surface area contributed by atoms with Gasteiger partial charge in [0.25, 0.3) is 0 Å². The standard InChI is InChI=1S/C17H13F2N3O2S/c1-9-12(10(2)23)6-11(7-20)17(21-9)25-8-15(24)22-16-13(18)4-3-5-14(16)19/h3-6H,8H2,1-2H3,(H,22,24). The van der Waals surface area contributed by atoms with Gasteiger partial charge in [-0.15, -0.1) is 0 Å². The molecule has 0 bridgehead atoms. The van der Waals surface area contributed by atoms with Gasteiger partial charge >= 0.3 is 0 Å². The zero-order valence-corrected chi connectivity index (χ0v) is 14.2. The van der Waals surface area contributed by atoms with E-state index in [0.717, 1.165) is 23.9 Å². The predicted octanol–water partition coefficient (Wildman–Crippen LogP) is 3.47. The van der Waals surface area contributed by atoms with Crippen LogP contribution in [-0.4, -0.2) is 22.4 Å². The van der Waals surface area contributed by atoms with Gasteiger partial charge in [0.1, 0.15) is 28.4 Å². The number of hydrogen-bond acceptors (Lipinski definition) is 5. The molecule has 5 nitrogen and oxygen atoms in total. The molecule has 2 rings (SSSR count). The summed E-state index contributed by atoms with van der Waals surface area (Å²) >= 11 is 0.943. The average molecular weight is 361 g/mol. The highest BCUT2D eigenvalue weighted by molar-refractivity contribution is 8.00. The van der Waals surface area contributed by atoms with Crippen LogP contribution in [0.5, 0.6) is 0 Å². The first-order chi connectivity index (χ1) is 11.8. The minimum Gasteiger partial charge on any atom is -0.320 e. The Bertz CT molecular complexity index is 874. The third-order valence-electron chi connectivity index (χ3n) is 3.25. The minimum absolute atomic E-state index is 0.158. The summed E-state index contributed by atoms with van der Waals surface area (Å²) in [5.41, 5.74) is 0.406. The van der Waals surface area contributed by atoms with Gasteiger partial charge in [-0.3, -0.25) is 9.59 Å². The highest BCUT2D eigenvalue weighted by Gasteiger charge is 2.16. The molecule has 1 aromatic heterocycles. The Balaban J connectivity index is 2.13. The number of benzene rings is 1. The Labute approximate surface area is 147 Å². The van der Waals surface area contributed by atoms with Crippen LogP contribution in [0, 0.1) is 29.9 Å². The fraction of sp³-hybridized carbons (Fsp3) is 0.176. The van der Waals surface area contributed by atoms with E-state index in [4.69, 9.17) is 0 Å². The molecule has 8 heteroatoms. The van der Waals surface area contributed by atoms with Crippen LogP contribution in [-0.2, 0) is 4.79 Å². The molecule has 0 radical (unpaired) electrons. The molecule has 0 atom stereocenters. The average Bonchev–Trinajstić information content (AvgIpc) is 2.56. The van der Waals surface area contributed by atoms with Crippen molar-refractivity contribution in [1.82, 2.24) is 4.98 Å². The number of nitrogens with zero attached hydrogens (tertiary/aromatic N) is 2. The van der Waals surface area contributed by atoms with E-state index in [-0.39, 0.29) is 22.1 Å². The Morgan fingerprint density at radius 2 is 1.96 bits per heavy atom. The number of Topliss-reactive ketones (excluding diaryl/α,β-unsaturated/α-hetero) is 1. The molecule has 1 heterocycles. The maximum atomic E-state index is 13.5. The SMILES string of the molecule is CC(=O)c1cc(C#N)c(SCC(=O)Nc2c(F)cccc2F)nc1C. The van der Waals surface area contributed by atoms with Gasteiger partial charge in [0.2, 0.25) is 5.91 Å². The number of halogens is 2. The van der Waals surface area contributed by atoms with Crippen molar-refractivity contribution in [3.05, 3.63) is 52.7 Å². The van der Waals surface area contributed by atoms with Gasteiger partial charge in [-0.05, 0) is 32.0 Å². The number of rotatable bonds is 5. The number of thioether (sulfide) groups is 1. The highest BCUT2D eigenvalue weighted by atomic mass is 32.2. The van der Waals surface area contributed by atoms with E-state index in [2.05, 4.69) is 10.3 Å². The lowest BCUT2D eigenvalue weighted by molar-refractivity contribution is -0.113. The second-order valence-corrected chi connectivity index (χ2v) is 6.04. The third kappa shape index (κ3) is 4.39. The molecule has 0 saturated heterocycles. The lowest BCUT2D eigenvalue weighted by Gasteiger charge is -2.09. The van der Waals surface area contributed by atoms with Gasteiger partial charge in [-0.2, -0.15) is 5.26 Å². The van der Waals surface area contributed by atoms with Gasteiger partial charge in [-0.1, -0.05) is 17.8 Å². The number of ketones is 1. The number of hydrogen-bond donors (Lipinski definition) is 1. The maximum Gasteiger partial charge on any atom is 0.234 e. The molecule has 128 valence electrons. The van der Waals surface area contributed by atoms with E-state index in [9.17, 15) is 23.6 Å². The van der Waals surface area contributed by atoms with E-state index in [0.29, 0.717) is 11.3 Å².